The lowest BCUT2D eigenvalue weighted by Crippen LogP contribution is -2.16. The topological polar surface area (TPSA) is 107 Å². The number of nitrogens with one attached hydrogen (secondary N) is 1. The molecule has 0 atom stereocenters. The van der Waals surface area contributed by atoms with Crippen molar-refractivity contribution in [1.29, 1.82) is 0 Å². The first-order chi connectivity index (χ1) is 14.5. The Morgan fingerprint density at radius 2 is 1.93 bits per heavy atom. The number of esters is 1. The lowest BCUT2D eigenvalue weighted by Gasteiger charge is -2.14. The molecule has 7 nitrogen and oxygen atoms in total. The first-order valence-electron chi connectivity index (χ1n) is 9.25. The van der Waals surface area contributed by atoms with Gasteiger partial charge in [-0.15, -0.1) is 0 Å². The predicted octanol–water partition coefficient (Wildman–Crippen LogP) is 3.29. The molecule has 0 fully saturated rings. The summed E-state index contributed by atoms with van der Waals surface area (Å²) in [5, 5.41) is 0.438. The van der Waals surface area contributed by atoms with E-state index in [-0.39, 0.29) is 23.6 Å². The molecule has 3 N–H and O–H groups in total. The summed E-state index contributed by atoms with van der Waals surface area (Å²) < 4.78 is 10.8. The van der Waals surface area contributed by atoms with Gasteiger partial charge in [-0.1, -0.05) is 42.1 Å². The molecule has 0 radical (unpaired) electrons. The van der Waals surface area contributed by atoms with Gasteiger partial charge in [-0.2, -0.15) is 4.98 Å². The quantitative estimate of drug-likeness (QED) is 0.340. The second-order valence-electron chi connectivity index (χ2n) is 6.54. The molecule has 0 aliphatic rings. The van der Waals surface area contributed by atoms with Crippen LogP contribution in [0.5, 0.6) is 5.88 Å². The zero-order chi connectivity index (χ0) is 21.7. The number of aryl methyl sites for hydroxylation is 1. The molecule has 1 aromatic heterocycles. The number of ether oxygens (including phenoxy) is 2. The van der Waals surface area contributed by atoms with Crippen molar-refractivity contribution in [2.75, 3.05) is 13.4 Å². The minimum Gasteiger partial charge on any atom is -0.472 e. The van der Waals surface area contributed by atoms with Crippen LogP contribution in [-0.2, 0) is 17.9 Å². The van der Waals surface area contributed by atoms with E-state index in [4.69, 9.17) is 15.2 Å². The molecule has 0 saturated carbocycles. The van der Waals surface area contributed by atoms with Crippen LogP contribution in [0.25, 0.3) is 11.1 Å². The maximum absolute atomic E-state index is 12.9. The van der Waals surface area contributed by atoms with Crippen molar-refractivity contribution in [2.24, 2.45) is 5.73 Å². The Hall–Kier alpha value is -3.10. The summed E-state index contributed by atoms with van der Waals surface area (Å²) in [5.41, 5.74) is 9.31. The fourth-order valence-electron chi connectivity index (χ4n) is 3.05. The lowest BCUT2D eigenvalue weighted by atomic mass is 9.99. The van der Waals surface area contributed by atoms with Gasteiger partial charge in [-0.25, -0.2) is 4.79 Å². The van der Waals surface area contributed by atoms with Gasteiger partial charge in [0.25, 0.3) is 5.56 Å². The molecule has 1 heterocycles. The van der Waals surface area contributed by atoms with E-state index in [0.29, 0.717) is 22.8 Å². The van der Waals surface area contributed by atoms with Gasteiger partial charge in [0.15, 0.2) is 5.16 Å². The highest BCUT2D eigenvalue weighted by atomic mass is 32.2. The summed E-state index contributed by atoms with van der Waals surface area (Å²) in [6.45, 7) is 2.44. The summed E-state index contributed by atoms with van der Waals surface area (Å²) in [6.07, 6.45) is 1.81. The van der Waals surface area contributed by atoms with E-state index in [2.05, 4.69) is 9.97 Å². The first-order valence-corrected chi connectivity index (χ1v) is 10.5. The molecular weight excluding hydrogens is 402 g/mol. The third-order valence-electron chi connectivity index (χ3n) is 4.69. The van der Waals surface area contributed by atoms with Crippen LogP contribution in [0.15, 0.2) is 52.4 Å². The zero-order valence-electron chi connectivity index (χ0n) is 17.0. The Bertz CT molecular complexity index is 1130. The van der Waals surface area contributed by atoms with Gasteiger partial charge in [0.2, 0.25) is 5.88 Å². The highest BCUT2D eigenvalue weighted by Crippen LogP contribution is 2.30. The number of rotatable bonds is 7. The molecule has 0 saturated heterocycles. The summed E-state index contributed by atoms with van der Waals surface area (Å²) in [6, 6.07) is 12.7. The highest BCUT2D eigenvalue weighted by molar-refractivity contribution is 7.98. The zero-order valence-corrected chi connectivity index (χ0v) is 17.8. The number of thioether (sulfide) groups is 1. The molecule has 0 unspecified atom stereocenters. The van der Waals surface area contributed by atoms with Gasteiger partial charge in [0, 0.05) is 6.54 Å². The fraction of sp³-hybridized carbons (Fsp3) is 0.227. The Balaban J connectivity index is 2.09. The standard InChI is InChI=1S/C22H23N3O4S/c1-13-8-9-14(21(27)28-2)10-17(13)18-19(26)24-22(30-3)25-20(18)29-12-16-7-5-4-6-15(16)11-23/h4-10H,11-12,23H2,1-3H3,(H,24,25,26). The van der Waals surface area contributed by atoms with Gasteiger partial charge in [0.1, 0.15) is 12.2 Å². The van der Waals surface area contributed by atoms with Crippen molar-refractivity contribution < 1.29 is 14.3 Å². The van der Waals surface area contributed by atoms with Crippen molar-refractivity contribution in [3.63, 3.8) is 0 Å². The number of carbonyl (C=O) groups excluding carboxylic acids is 1. The number of carbonyl (C=O) groups is 1. The summed E-state index contributed by atoms with van der Waals surface area (Å²) >= 11 is 1.31. The van der Waals surface area contributed by atoms with Crippen molar-refractivity contribution in [1.82, 2.24) is 9.97 Å². The van der Waals surface area contributed by atoms with Crippen molar-refractivity contribution in [2.45, 2.75) is 25.2 Å². The third kappa shape index (κ3) is 4.55. The van der Waals surface area contributed by atoms with E-state index in [1.807, 2.05) is 37.4 Å². The van der Waals surface area contributed by atoms with Crippen molar-refractivity contribution >= 4 is 17.7 Å². The number of hydrogen-bond acceptors (Lipinski definition) is 7. The number of aromatic amines is 1. The largest absolute Gasteiger partial charge is 0.472 e. The number of nitrogens with two attached hydrogens (primary N) is 1. The Labute approximate surface area is 178 Å². The minimum atomic E-state index is -0.485. The smallest absolute Gasteiger partial charge is 0.337 e. The van der Waals surface area contributed by atoms with Crippen LogP contribution in [-0.4, -0.2) is 29.3 Å². The summed E-state index contributed by atoms with van der Waals surface area (Å²) in [7, 11) is 1.31. The molecule has 3 rings (SSSR count). The van der Waals surface area contributed by atoms with Crippen LogP contribution >= 0.6 is 11.8 Å². The molecule has 3 aromatic rings. The Morgan fingerprint density at radius 1 is 1.20 bits per heavy atom. The van der Waals surface area contributed by atoms with Gasteiger partial charge < -0.3 is 20.2 Å². The van der Waals surface area contributed by atoms with Crippen molar-refractivity contribution in [3.8, 4) is 17.0 Å². The molecule has 0 aliphatic carbocycles. The first kappa shape index (κ1) is 21.6. The monoisotopic (exact) mass is 425 g/mol. The van der Waals surface area contributed by atoms with Crippen LogP contribution in [0, 0.1) is 6.92 Å². The van der Waals surface area contributed by atoms with Crippen molar-refractivity contribution in [3.05, 3.63) is 75.1 Å². The van der Waals surface area contributed by atoms with E-state index in [9.17, 15) is 9.59 Å². The van der Waals surface area contributed by atoms with Gasteiger partial charge in [0.05, 0.1) is 12.7 Å². The maximum Gasteiger partial charge on any atom is 0.337 e. The van der Waals surface area contributed by atoms with E-state index >= 15 is 0 Å². The maximum atomic E-state index is 12.9. The fourth-order valence-corrected chi connectivity index (χ4v) is 3.42. The van der Waals surface area contributed by atoms with Crippen LogP contribution in [0.2, 0.25) is 0 Å². The molecule has 0 bridgehead atoms. The van der Waals surface area contributed by atoms with E-state index in [1.54, 1.807) is 18.2 Å². The number of H-pyrrole nitrogens is 1. The highest BCUT2D eigenvalue weighted by Gasteiger charge is 2.19. The van der Waals surface area contributed by atoms with E-state index in [1.165, 1.54) is 18.9 Å². The average molecular weight is 426 g/mol. The minimum absolute atomic E-state index is 0.194. The summed E-state index contributed by atoms with van der Waals surface area (Å²) in [5.74, 6) is -0.291. The molecule has 8 heteroatoms. The van der Waals surface area contributed by atoms with Crippen LogP contribution in [0.1, 0.15) is 27.0 Å². The molecule has 0 aliphatic heterocycles. The second-order valence-corrected chi connectivity index (χ2v) is 7.33. The van der Waals surface area contributed by atoms with E-state index < -0.39 is 5.97 Å². The molecule has 156 valence electrons. The van der Waals surface area contributed by atoms with Gasteiger partial charge >= 0.3 is 5.97 Å². The molecule has 2 aromatic carbocycles. The number of nitrogens with zero attached hydrogens (tertiary/aromatic N) is 1. The number of benzene rings is 2. The van der Waals surface area contributed by atoms with Crippen LogP contribution in [0.4, 0.5) is 0 Å². The average Bonchev–Trinajstić information content (AvgIpc) is 2.77. The predicted molar refractivity (Wildman–Crippen MR) is 117 cm³/mol. The number of aromatic nitrogens is 2. The molecule has 30 heavy (non-hydrogen) atoms. The normalized spacial score (nSPS) is 10.7. The Kier molecular flexibility index (Phi) is 6.91. The molecule has 0 amide bonds. The summed E-state index contributed by atoms with van der Waals surface area (Å²) in [4.78, 5) is 32.1. The Morgan fingerprint density at radius 3 is 2.60 bits per heavy atom. The molecular formula is C22H23N3O4S. The van der Waals surface area contributed by atoms with Gasteiger partial charge in [-0.3, -0.25) is 4.79 Å². The molecule has 0 spiro atoms. The van der Waals surface area contributed by atoms with Crippen LogP contribution < -0.4 is 16.0 Å². The second kappa shape index (κ2) is 9.60. The van der Waals surface area contributed by atoms with E-state index in [0.717, 1.165) is 16.7 Å². The lowest BCUT2D eigenvalue weighted by molar-refractivity contribution is 0.0601. The van der Waals surface area contributed by atoms with Crippen LogP contribution in [0.3, 0.4) is 0 Å². The SMILES string of the molecule is COC(=O)c1ccc(C)c(-c2c(OCc3ccccc3CN)nc(SC)[nH]c2=O)c1. The number of hydrogen-bond donors (Lipinski definition) is 2. The van der Waals surface area contributed by atoms with Gasteiger partial charge in [-0.05, 0) is 47.6 Å². The number of methoxy groups -OCH3 is 1. The third-order valence-corrected chi connectivity index (χ3v) is 5.27.